The molecule has 0 saturated carbocycles. The van der Waals surface area contributed by atoms with E-state index in [0.717, 1.165) is 16.9 Å². The molecule has 20 heavy (non-hydrogen) atoms. The maximum atomic E-state index is 11.4. The molecule has 0 unspecified atom stereocenters. The zero-order valence-electron chi connectivity index (χ0n) is 11.1. The van der Waals surface area contributed by atoms with Gasteiger partial charge in [-0.2, -0.15) is 0 Å². The normalized spacial score (nSPS) is 13.6. The molecule has 5 nitrogen and oxygen atoms in total. The van der Waals surface area contributed by atoms with Crippen LogP contribution < -0.4 is 15.8 Å². The molecule has 1 aliphatic rings. The van der Waals surface area contributed by atoms with E-state index in [1.165, 1.54) is 0 Å². The molecule has 2 heterocycles. The number of nitrogen functional groups attached to an aromatic ring is 1. The number of carbonyl (C=O) groups is 1. The number of aromatic nitrogens is 1. The van der Waals surface area contributed by atoms with Crippen molar-refractivity contribution in [1.82, 2.24) is 4.98 Å². The van der Waals surface area contributed by atoms with Gasteiger partial charge in [0.1, 0.15) is 5.75 Å². The van der Waals surface area contributed by atoms with E-state index in [0.29, 0.717) is 30.0 Å². The maximum absolute atomic E-state index is 11.4. The molecule has 1 amide bonds. The first-order chi connectivity index (χ1) is 9.63. The highest BCUT2D eigenvalue weighted by Gasteiger charge is 2.17. The molecular weight excluding hydrogens is 254 g/mol. The topological polar surface area (TPSA) is 77.2 Å². The minimum atomic E-state index is 0.0219. The molecule has 0 saturated heterocycles. The summed E-state index contributed by atoms with van der Waals surface area (Å²) in [6.45, 7) is 1.88. The van der Waals surface area contributed by atoms with Crippen molar-refractivity contribution < 1.29 is 9.53 Å². The summed E-state index contributed by atoms with van der Waals surface area (Å²) in [4.78, 5) is 15.5. The Kier molecular flexibility index (Phi) is 3.02. The predicted molar refractivity (Wildman–Crippen MR) is 76.9 cm³/mol. The molecule has 0 aliphatic carbocycles. The molecule has 3 N–H and O–H groups in total. The average molecular weight is 269 g/mol. The third-order valence-electron chi connectivity index (χ3n) is 3.31. The van der Waals surface area contributed by atoms with Crippen LogP contribution >= 0.6 is 0 Å². The summed E-state index contributed by atoms with van der Waals surface area (Å²) in [5.41, 5.74) is 9.10. The van der Waals surface area contributed by atoms with Crippen molar-refractivity contribution >= 4 is 17.3 Å². The predicted octanol–water partition coefficient (Wildman–Crippen LogP) is 2.65. The van der Waals surface area contributed by atoms with E-state index in [1.54, 1.807) is 12.3 Å². The van der Waals surface area contributed by atoms with Crippen LogP contribution in [0.3, 0.4) is 0 Å². The number of anilines is 2. The molecule has 0 atom stereocenters. The average Bonchev–Trinajstić information content (AvgIpc) is 2.42. The summed E-state index contributed by atoms with van der Waals surface area (Å²) in [7, 11) is 0. The Balaban J connectivity index is 1.95. The van der Waals surface area contributed by atoms with Gasteiger partial charge in [0, 0.05) is 18.3 Å². The lowest BCUT2D eigenvalue weighted by molar-refractivity contribution is -0.116. The molecule has 5 heteroatoms. The lowest BCUT2D eigenvalue weighted by Gasteiger charge is -2.19. The number of rotatable bonds is 2. The van der Waals surface area contributed by atoms with Crippen molar-refractivity contribution in [3.63, 3.8) is 0 Å². The molecular formula is C15H15N3O2. The summed E-state index contributed by atoms with van der Waals surface area (Å²) in [6, 6.07) is 7.30. The summed E-state index contributed by atoms with van der Waals surface area (Å²) in [5.74, 6) is 1.30. The van der Waals surface area contributed by atoms with E-state index in [-0.39, 0.29) is 5.91 Å². The Morgan fingerprint density at radius 2 is 2.15 bits per heavy atom. The highest BCUT2D eigenvalue weighted by molar-refractivity contribution is 5.94. The number of aryl methyl sites for hydroxylation is 2. The van der Waals surface area contributed by atoms with Crippen LogP contribution in [0.4, 0.5) is 11.4 Å². The first kappa shape index (κ1) is 12.5. The first-order valence-electron chi connectivity index (χ1n) is 6.45. The second-order valence-corrected chi connectivity index (χ2v) is 4.78. The van der Waals surface area contributed by atoms with Gasteiger partial charge >= 0.3 is 0 Å². The Morgan fingerprint density at radius 3 is 2.95 bits per heavy atom. The molecule has 0 bridgehead atoms. The maximum Gasteiger partial charge on any atom is 0.224 e. The molecule has 0 spiro atoms. The lowest BCUT2D eigenvalue weighted by atomic mass is 10.0. The zero-order chi connectivity index (χ0) is 14.1. The fraction of sp³-hybridized carbons (Fsp3) is 0.200. The third-order valence-corrected chi connectivity index (χ3v) is 3.31. The Bertz CT molecular complexity index is 683. The van der Waals surface area contributed by atoms with Gasteiger partial charge in [0.2, 0.25) is 5.91 Å². The molecule has 2 aromatic rings. The van der Waals surface area contributed by atoms with Gasteiger partial charge in [-0.3, -0.25) is 9.78 Å². The summed E-state index contributed by atoms with van der Waals surface area (Å²) < 4.78 is 5.83. The minimum absolute atomic E-state index is 0.0219. The largest absolute Gasteiger partial charge is 0.453 e. The van der Waals surface area contributed by atoms with Crippen molar-refractivity contribution in [1.29, 1.82) is 0 Å². The number of fused-ring (bicyclic) bond motifs is 1. The molecule has 3 rings (SSSR count). The van der Waals surface area contributed by atoms with Gasteiger partial charge in [0.15, 0.2) is 5.75 Å². The number of carbonyl (C=O) groups excluding carboxylic acids is 1. The number of hydrogen-bond acceptors (Lipinski definition) is 4. The summed E-state index contributed by atoms with van der Waals surface area (Å²) in [6.07, 6.45) is 2.90. The van der Waals surface area contributed by atoms with Crippen LogP contribution in [0.15, 0.2) is 30.5 Å². The van der Waals surface area contributed by atoms with Gasteiger partial charge in [-0.25, -0.2) is 0 Å². The van der Waals surface area contributed by atoms with Gasteiger partial charge in [-0.15, -0.1) is 0 Å². The molecule has 1 aromatic heterocycles. The van der Waals surface area contributed by atoms with Crippen molar-refractivity contribution in [3.05, 3.63) is 41.7 Å². The van der Waals surface area contributed by atoms with E-state index in [1.807, 2.05) is 25.1 Å². The monoisotopic (exact) mass is 269 g/mol. The second kappa shape index (κ2) is 4.85. The molecule has 0 radical (unpaired) electrons. The van der Waals surface area contributed by atoms with E-state index in [4.69, 9.17) is 10.5 Å². The zero-order valence-corrected chi connectivity index (χ0v) is 11.1. The second-order valence-electron chi connectivity index (χ2n) is 4.78. The van der Waals surface area contributed by atoms with E-state index in [9.17, 15) is 4.79 Å². The van der Waals surface area contributed by atoms with E-state index in [2.05, 4.69) is 10.3 Å². The highest BCUT2D eigenvalue weighted by atomic mass is 16.5. The molecule has 1 aliphatic heterocycles. The van der Waals surface area contributed by atoms with Crippen molar-refractivity contribution in [2.24, 2.45) is 0 Å². The smallest absolute Gasteiger partial charge is 0.224 e. The number of benzene rings is 1. The number of amides is 1. The van der Waals surface area contributed by atoms with Crippen molar-refractivity contribution in [3.8, 4) is 11.5 Å². The van der Waals surface area contributed by atoms with E-state index >= 15 is 0 Å². The quantitative estimate of drug-likeness (QED) is 0.822. The van der Waals surface area contributed by atoms with Gasteiger partial charge < -0.3 is 15.8 Å². The Morgan fingerprint density at radius 1 is 1.30 bits per heavy atom. The van der Waals surface area contributed by atoms with Gasteiger partial charge in [-0.05, 0) is 43.2 Å². The van der Waals surface area contributed by atoms with Crippen molar-refractivity contribution in [2.45, 2.75) is 19.8 Å². The van der Waals surface area contributed by atoms with Crippen LogP contribution in [0.2, 0.25) is 0 Å². The Labute approximate surface area is 116 Å². The highest BCUT2D eigenvalue weighted by Crippen LogP contribution is 2.35. The van der Waals surface area contributed by atoms with Gasteiger partial charge in [0.05, 0.1) is 11.4 Å². The number of nitrogens with zero attached hydrogens (tertiary/aromatic N) is 1. The number of ether oxygens (including phenoxy) is 1. The number of pyridine rings is 1. The number of hydrogen-bond donors (Lipinski definition) is 2. The van der Waals surface area contributed by atoms with E-state index < -0.39 is 0 Å². The summed E-state index contributed by atoms with van der Waals surface area (Å²) in [5, 5.41) is 2.82. The van der Waals surface area contributed by atoms with Crippen LogP contribution in [0, 0.1) is 6.92 Å². The van der Waals surface area contributed by atoms with Crippen LogP contribution in [-0.4, -0.2) is 10.9 Å². The first-order valence-corrected chi connectivity index (χ1v) is 6.45. The standard InChI is InChI=1S/C15H15N3O2/c1-9-13(3-2-6-17-9)20-14-7-10-4-5-15(19)18-12(10)8-11(14)16/h2-3,6-8H,4-5,16H2,1H3,(H,18,19). The number of nitrogens with one attached hydrogen (secondary N) is 1. The fourth-order valence-corrected chi connectivity index (χ4v) is 2.21. The van der Waals surface area contributed by atoms with Crippen molar-refractivity contribution in [2.75, 3.05) is 11.1 Å². The Hall–Kier alpha value is -2.56. The lowest BCUT2D eigenvalue weighted by Crippen LogP contribution is -2.19. The van der Waals surface area contributed by atoms with Gasteiger partial charge in [-0.1, -0.05) is 0 Å². The molecule has 0 fully saturated rings. The number of nitrogens with two attached hydrogens (primary N) is 1. The summed E-state index contributed by atoms with van der Waals surface area (Å²) >= 11 is 0. The molecule has 1 aromatic carbocycles. The van der Waals surface area contributed by atoms with Crippen LogP contribution in [0.5, 0.6) is 11.5 Å². The van der Waals surface area contributed by atoms with Crippen LogP contribution in [0.25, 0.3) is 0 Å². The molecule has 102 valence electrons. The fourth-order valence-electron chi connectivity index (χ4n) is 2.21. The third kappa shape index (κ3) is 2.30. The SMILES string of the molecule is Cc1ncccc1Oc1cc2c(cc1N)NC(=O)CC2. The van der Waals surface area contributed by atoms with Gasteiger partial charge in [0.25, 0.3) is 0 Å². The minimum Gasteiger partial charge on any atom is -0.453 e. The van der Waals surface area contributed by atoms with Crippen LogP contribution in [0.1, 0.15) is 17.7 Å². The van der Waals surface area contributed by atoms with Crippen LogP contribution in [-0.2, 0) is 11.2 Å².